The SMILES string of the molecule is CCN(CC)CCC(=O)Nc1c(C(=O)OC)[nH]c2ccccc12. The summed E-state index contributed by atoms with van der Waals surface area (Å²) >= 11 is 0. The molecule has 0 fully saturated rings. The fraction of sp³-hybridized carbons (Fsp3) is 0.412. The predicted molar refractivity (Wildman–Crippen MR) is 90.7 cm³/mol. The number of hydrogen-bond donors (Lipinski definition) is 2. The molecule has 2 aromatic rings. The Hall–Kier alpha value is -2.34. The molecule has 1 heterocycles. The number of carbonyl (C=O) groups is 2. The molecule has 0 saturated carbocycles. The Balaban J connectivity index is 2.21. The van der Waals surface area contributed by atoms with Gasteiger partial charge in [-0.1, -0.05) is 32.0 Å². The number of esters is 1. The van der Waals surface area contributed by atoms with Gasteiger partial charge in [0.2, 0.25) is 5.91 Å². The van der Waals surface area contributed by atoms with Gasteiger partial charge in [-0.2, -0.15) is 0 Å². The van der Waals surface area contributed by atoms with E-state index in [1.807, 2.05) is 24.3 Å². The van der Waals surface area contributed by atoms with Crippen molar-refractivity contribution in [1.82, 2.24) is 9.88 Å². The summed E-state index contributed by atoms with van der Waals surface area (Å²) in [6.45, 7) is 6.64. The maximum Gasteiger partial charge on any atom is 0.356 e. The van der Waals surface area contributed by atoms with Crippen molar-refractivity contribution in [3.05, 3.63) is 30.0 Å². The van der Waals surface area contributed by atoms with Crippen LogP contribution in [0, 0.1) is 0 Å². The molecule has 0 spiro atoms. The Labute approximate surface area is 135 Å². The third-order valence-electron chi connectivity index (χ3n) is 3.91. The smallest absolute Gasteiger partial charge is 0.356 e. The van der Waals surface area contributed by atoms with Crippen LogP contribution in [-0.4, -0.2) is 48.5 Å². The Kier molecular flexibility index (Phi) is 5.76. The molecule has 0 bridgehead atoms. The quantitative estimate of drug-likeness (QED) is 0.770. The number of H-pyrrole nitrogens is 1. The molecule has 2 N–H and O–H groups in total. The monoisotopic (exact) mass is 317 g/mol. The Morgan fingerprint density at radius 2 is 1.91 bits per heavy atom. The molecular formula is C17H23N3O3. The van der Waals surface area contributed by atoms with Gasteiger partial charge in [0.15, 0.2) is 0 Å². The van der Waals surface area contributed by atoms with E-state index in [9.17, 15) is 9.59 Å². The molecule has 6 nitrogen and oxygen atoms in total. The standard InChI is InChI=1S/C17H23N3O3/c1-4-20(5-2)11-10-14(21)19-15-12-8-6-7-9-13(12)18-16(15)17(22)23-3/h6-9,18H,4-5,10-11H2,1-3H3,(H,19,21). The van der Waals surface area contributed by atoms with Gasteiger partial charge < -0.3 is 19.9 Å². The van der Waals surface area contributed by atoms with Crippen LogP contribution in [0.15, 0.2) is 24.3 Å². The fourth-order valence-electron chi connectivity index (χ4n) is 2.53. The Morgan fingerprint density at radius 3 is 2.57 bits per heavy atom. The third kappa shape index (κ3) is 3.90. The van der Waals surface area contributed by atoms with Crippen molar-refractivity contribution in [3.63, 3.8) is 0 Å². The first-order chi connectivity index (χ1) is 11.1. The molecule has 0 radical (unpaired) electrons. The summed E-state index contributed by atoms with van der Waals surface area (Å²) in [6.07, 6.45) is 0.377. The predicted octanol–water partition coefficient (Wildman–Crippen LogP) is 2.62. The molecule has 0 atom stereocenters. The second-order valence-corrected chi connectivity index (χ2v) is 5.24. The van der Waals surface area contributed by atoms with Crippen LogP contribution < -0.4 is 5.32 Å². The number of nitrogens with one attached hydrogen (secondary N) is 2. The van der Waals surface area contributed by atoms with Crippen molar-refractivity contribution < 1.29 is 14.3 Å². The van der Waals surface area contributed by atoms with Gasteiger partial charge in [-0.25, -0.2) is 4.79 Å². The van der Waals surface area contributed by atoms with Crippen LogP contribution in [0.2, 0.25) is 0 Å². The number of para-hydroxylation sites is 1. The molecule has 1 aromatic carbocycles. The molecule has 0 saturated heterocycles. The lowest BCUT2D eigenvalue weighted by atomic mass is 10.2. The summed E-state index contributed by atoms with van der Waals surface area (Å²) < 4.78 is 4.79. The molecule has 0 unspecified atom stereocenters. The molecular weight excluding hydrogens is 294 g/mol. The van der Waals surface area contributed by atoms with Gasteiger partial charge >= 0.3 is 5.97 Å². The number of aromatic nitrogens is 1. The number of carbonyl (C=O) groups excluding carboxylic acids is 2. The van der Waals surface area contributed by atoms with Gasteiger partial charge in [-0.3, -0.25) is 4.79 Å². The first kappa shape index (κ1) is 17.0. The van der Waals surface area contributed by atoms with Crippen molar-refractivity contribution in [1.29, 1.82) is 0 Å². The van der Waals surface area contributed by atoms with Crippen molar-refractivity contribution in [2.24, 2.45) is 0 Å². The molecule has 124 valence electrons. The average molecular weight is 317 g/mol. The maximum atomic E-state index is 12.2. The number of rotatable bonds is 7. The van der Waals surface area contributed by atoms with Crippen molar-refractivity contribution in [2.45, 2.75) is 20.3 Å². The summed E-state index contributed by atoms with van der Waals surface area (Å²) in [5.74, 6) is -0.618. The number of methoxy groups -OCH3 is 1. The van der Waals surface area contributed by atoms with E-state index in [2.05, 4.69) is 29.0 Å². The minimum Gasteiger partial charge on any atom is -0.464 e. The van der Waals surface area contributed by atoms with Gasteiger partial charge in [-0.15, -0.1) is 0 Å². The second-order valence-electron chi connectivity index (χ2n) is 5.24. The second kappa shape index (κ2) is 7.78. The van der Waals surface area contributed by atoms with Crippen molar-refractivity contribution >= 4 is 28.5 Å². The summed E-state index contributed by atoms with van der Waals surface area (Å²) in [6, 6.07) is 7.44. The number of fused-ring (bicyclic) bond motifs is 1. The summed E-state index contributed by atoms with van der Waals surface area (Å²) in [7, 11) is 1.32. The number of amides is 1. The van der Waals surface area contributed by atoms with E-state index >= 15 is 0 Å². The number of hydrogen-bond acceptors (Lipinski definition) is 4. The average Bonchev–Trinajstić information content (AvgIpc) is 2.94. The minimum atomic E-state index is -0.500. The normalized spacial score (nSPS) is 11.0. The molecule has 0 aliphatic carbocycles. The number of benzene rings is 1. The third-order valence-corrected chi connectivity index (χ3v) is 3.91. The lowest BCUT2D eigenvalue weighted by Crippen LogP contribution is -2.27. The van der Waals surface area contributed by atoms with Gasteiger partial charge in [0.25, 0.3) is 0 Å². The largest absolute Gasteiger partial charge is 0.464 e. The highest BCUT2D eigenvalue weighted by molar-refractivity contribution is 6.10. The van der Waals surface area contributed by atoms with Gasteiger partial charge in [0.05, 0.1) is 12.8 Å². The fourth-order valence-corrected chi connectivity index (χ4v) is 2.53. The van der Waals surface area contributed by atoms with Crippen LogP contribution in [-0.2, 0) is 9.53 Å². The molecule has 2 rings (SSSR count). The number of anilines is 1. The van der Waals surface area contributed by atoms with Crippen LogP contribution in [0.5, 0.6) is 0 Å². The van der Waals surface area contributed by atoms with E-state index in [1.165, 1.54) is 7.11 Å². The van der Waals surface area contributed by atoms with Crippen LogP contribution in [0.3, 0.4) is 0 Å². The van der Waals surface area contributed by atoms with Crippen LogP contribution >= 0.6 is 0 Å². The Morgan fingerprint density at radius 1 is 1.22 bits per heavy atom. The first-order valence-electron chi connectivity index (χ1n) is 7.81. The number of ether oxygens (including phenoxy) is 1. The molecule has 23 heavy (non-hydrogen) atoms. The first-order valence-corrected chi connectivity index (χ1v) is 7.81. The lowest BCUT2D eigenvalue weighted by Gasteiger charge is -2.17. The number of aromatic amines is 1. The zero-order valence-electron chi connectivity index (χ0n) is 13.8. The molecule has 6 heteroatoms. The van der Waals surface area contributed by atoms with E-state index in [1.54, 1.807) is 0 Å². The van der Waals surface area contributed by atoms with E-state index in [0.717, 1.165) is 24.0 Å². The van der Waals surface area contributed by atoms with Crippen molar-refractivity contribution in [2.75, 3.05) is 32.1 Å². The minimum absolute atomic E-state index is 0.119. The van der Waals surface area contributed by atoms with E-state index < -0.39 is 5.97 Å². The Bertz CT molecular complexity index is 689. The summed E-state index contributed by atoms with van der Waals surface area (Å²) in [5.41, 5.74) is 1.54. The van der Waals surface area contributed by atoms with Gasteiger partial charge in [0.1, 0.15) is 5.69 Å². The summed E-state index contributed by atoms with van der Waals surface area (Å²) in [4.78, 5) is 29.4. The van der Waals surface area contributed by atoms with Crippen molar-refractivity contribution in [3.8, 4) is 0 Å². The highest BCUT2D eigenvalue weighted by atomic mass is 16.5. The van der Waals surface area contributed by atoms with E-state index in [-0.39, 0.29) is 11.6 Å². The van der Waals surface area contributed by atoms with E-state index in [4.69, 9.17) is 4.74 Å². The van der Waals surface area contributed by atoms with Gasteiger partial charge in [0, 0.05) is 23.9 Å². The highest BCUT2D eigenvalue weighted by Crippen LogP contribution is 2.28. The lowest BCUT2D eigenvalue weighted by molar-refractivity contribution is -0.116. The zero-order chi connectivity index (χ0) is 16.8. The molecule has 0 aliphatic heterocycles. The van der Waals surface area contributed by atoms with Crippen LogP contribution in [0.25, 0.3) is 10.9 Å². The van der Waals surface area contributed by atoms with Crippen LogP contribution in [0.1, 0.15) is 30.8 Å². The molecule has 1 aromatic heterocycles. The highest BCUT2D eigenvalue weighted by Gasteiger charge is 2.20. The number of nitrogens with zero attached hydrogens (tertiary/aromatic N) is 1. The molecule has 0 aliphatic rings. The van der Waals surface area contributed by atoms with E-state index in [0.29, 0.717) is 18.7 Å². The van der Waals surface area contributed by atoms with Crippen LogP contribution in [0.4, 0.5) is 5.69 Å². The maximum absolute atomic E-state index is 12.2. The van der Waals surface area contributed by atoms with Gasteiger partial charge in [-0.05, 0) is 19.2 Å². The zero-order valence-corrected chi connectivity index (χ0v) is 13.8. The topological polar surface area (TPSA) is 74.4 Å². The summed E-state index contributed by atoms with van der Waals surface area (Å²) in [5, 5.41) is 3.65. The molecule has 1 amide bonds.